The van der Waals surface area contributed by atoms with Gasteiger partial charge in [0, 0.05) is 18.1 Å². The molecule has 1 aromatic heterocycles. The number of benzene rings is 3. The summed E-state index contributed by atoms with van der Waals surface area (Å²) in [5, 5.41) is 17.2. The molecule has 3 aromatic carbocycles. The maximum atomic E-state index is 12.5. The summed E-state index contributed by atoms with van der Waals surface area (Å²) < 4.78 is 0. The van der Waals surface area contributed by atoms with Crippen molar-refractivity contribution in [2.24, 2.45) is 0 Å². The minimum absolute atomic E-state index is 0.127. The highest BCUT2D eigenvalue weighted by Gasteiger charge is 2.14. The Hall–Kier alpha value is -3.24. The van der Waals surface area contributed by atoms with Crippen molar-refractivity contribution in [2.75, 3.05) is 6.54 Å². The first kappa shape index (κ1) is 16.2. The van der Waals surface area contributed by atoms with Crippen molar-refractivity contribution in [3.05, 3.63) is 90.3 Å². The van der Waals surface area contributed by atoms with E-state index in [1.807, 2.05) is 72.8 Å². The molecular formula is C22H18N2O2. The summed E-state index contributed by atoms with van der Waals surface area (Å²) in [7, 11) is 0. The number of aromatic nitrogens is 1. The van der Waals surface area contributed by atoms with Crippen molar-refractivity contribution in [3.63, 3.8) is 0 Å². The number of fused-ring (bicyclic) bond motifs is 2. The van der Waals surface area contributed by atoms with E-state index in [0.29, 0.717) is 5.69 Å². The number of amides is 1. The van der Waals surface area contributed by atoms with E-state index in [9.17, 15) is 9.90 Å². The van der Waals surface area contributed by atoms with Crippen LogP contribution >= 0.6 is 0 Å². The van der Waals surface area contributed by atoms with Gasteiger partial charge in [0.1, 0.15) is 5.69 Å². The van der Waals surface area contributed by atoms with E-state index in [1.165, 1.54) is 0 Å². The Balaban J connectivity index is 1.51. The van der Waals surface area contributed by atoms with Gasteiger partial charge >= 0.3 is 0 Å². The number of nitrogens with one attached hydrogen (secondary N) is 1. The van der Waals surface area contributed by atoms with Crippen LogP contribution < -0.4 is 5.32 Å². The second-order valence-electron chi connectivity index (χ2n) is 6.21. The van der Waals surface area contributed by atoms with Gasteiger partial charge in [-0.05, 0) is 33.9 Å². The molecule has 0 unspecified atom stereocenters. The molecule has 0 aliphatic carbocycles. The summed E-state index contributed by atoms with van der Waals surface area (Å²) in [6, 6.07) is 23.3. The molecule has 4 heteroatoms. The molecule has 0 saturated heterocycles. The number of aliphatic hydroxyl groups excluding tert-OH is 1. The maximum absolute atomic E-state index is 12.5. The van der Waals surface area contributed by atoms with E-state index < -0.39 is 6.10 Å². The van der Waals surface area contributed by atoms with Crippen LogP contribution in [0.15, 0.2) is 79.0 Å². The number of hydrogen-bond donors (Lipinski definition) is 2. The van der Waals surface area contributed by atoms with Gasteiger partial charge in [0.25, 0.3) is 5.91 Å². The molecule has 0 aliphatic heterocycles. The van der Waals surface area contributed by atoms with Crippen molar-refractivity contribution < 1.29 is 9.90 Å². The first-order valence-corrected chi connectivity index (χ1v) is 8.51. The van der Waals surface area contributed by atoms with Gasteiger partial charge in [-0.1, -0.05) is 60.7 Å². The zero-order valence-electron chi connectivity index (χ0n) is 14.1. The second-order valence-corrected chi connectivity index (χ2v) is 6.21. The predicted octanol–water partition coefficient (Wildman–Crippen LogP) is 3.85. The lowest BCUT2D eigenvalue weighted by Gasteiger charge is -2.13. The summed E-state index contributed by atoms with van der Waals surface area (Å²) in [5.74, 6) is -0.290. The number of carbonyl (C=O) groups is 1. The minimum Gasteiger partial charge on any atom is -0.387 e. The van der Waals surface area contributed by atoms with Gasteiger partial charge in [-0.3, -0.25) is 9.78 Å². The molecule has 1 amide bonds. The summed E-state index contributed by atoms with van der Waals surface area (Å²) in [6.07, 6.45) is 0.843. The van der Waals surface area contributed by atoms with E-state index in [4.69, 9.17) is 0 Å². The molecule has 0 fully saturated rings. The molecular weight excluding hydrogens is 324 g/mol. The number of pyridine rings is 1. The molecule has 4 rings (SSSR count). The molecule has 128 valence electrons. The number of nitrogens with zero attached hydrogens (tertiary/aromatic N) is 1. The lowest BCUT2D eigenvalue weighted by atomic mass is 10.0. The fourth-order valence-electron chi connectivity index (χ4n) is 3.11. The molecule has 1 heterocycles. The van der Waals surface area contributed by atoms with E-state index in [1.54, 1.807) is 6.20 Å². The third-order valence-electron chi connectivity index (χ3n) is 4.50. The first-order valence-electron chi connectivity index (χ1n) is 8.51. The monoisotopic (exact) mass is 342 g/mol. The third kappa shape index (κ3) is 3.15. The van der Waals surface area contributed by atoms with Gasteiger partial charge in [0.15, 0.2) is 0 Å². The topological polar surface area (TPSA) is 62.2 Å². The van der Waals surface area contributed by atoms with Gasteiger partial charge in [-0.25, -0.2) is 0 Å². The van der Waals surface area contributed by atoms with E-state index >= 15 is 0 Å². The molecule has 0 radical (unpaired) electrons. The molecule has 26 heavy (non-hydrogen) atoms. The zero-order valence-corrected chi connectivity index (χ0v) is 14.1. The van der Waals surface area contributed by atoms with Gasteiger partial charge in [0.2, 0.25) is 0 Å². The van der Waals surface area contributed by atoms with Crippen LogP contribution in [0.1, 0.15) is 22.2 Å². The quantitative estimate of drug-likeness (QED) is 0.592. The van der Waals surface area contributed by atoms with Gasteiger partial charge in [-0.15, -0.1) is 0 Å². The van der Waals surface area contributed by atoms with Crippen LogP contribution in [0, 0.1) is 0 Å². The molecule has 1 atom stereocenters. The van der Waals surface area contributed by atoms with E-state index in [-0.39, 0.29) is 12.5 Å². The van der Waals surface area contributed by atoms with Gasteiger partial charge in [-0.2, -0.15) is 0 Å². The highest BCUT2D eigenvalue weighted by molar-refractivity contribution is 6.05. The predicted molar refractivity (Wildman–Crippen MR) is 103 cm³/mol. The SMILES string of the molecule is O=C(NC[C@@H](O)c1ccc2ccccc2c1)c1nccc2ccccc12. The molecule has 4 nitrogen and oxygen atoms in total. The van der Waals surface area contributed by atoms with Crippen LogP contribution in [0.25, 0.3) is 21.5 Å². The second kappa shape index (κ2) is 6.94. The Kier molecular flexibility index (Phi) is 4.33. The molecule has 2 N–H and O–H groups in total. The number of hydrogen-bond acceptors (Lipinski definition) is 3. The summed E-state index contributed by atoms with van der Waals surface area (Å²) >= 11 is 0. The van der Waals surface area contributed by atoms with Crippen LogP contribution in [0.4, 0.5) is 0 Å². The summed E-state index contributed by atoms with van der Waals surface area (Å²) in [4.78, 5) is 16.7. The standard InChI is InChI=1S/C22H18N2O2/c25-20(18-10-9-15-5-1-2-7-17(15)13-18)14-24-22(26)21-19-8-4-3-6-16(19)11-12-23-21/h1-13,20,25H,14H2,(H,24,26)/t20-/m1/s1. The van der Waals surface area contributed by atoms with Crippen LogP contribution in [0.5, 0.6) is 0 Å². The Morgan fingerprint density at radius 1 is 0.923 bits per heavy atom. The third-order valence-corrected chi connectivity index (χ3v) is 4.50. The van der Waals surface area contributed by atoms with Crippen molar-refractivity contribution in [3.8, 4) is 0 Å². The average Bonchev–Trinajstić information content (AvgIpc) is 2.71. The van der Waals surface area contributed by atoms with Crippen molar-refractivity contribution in [1.29, 1.82) is 0 Å². The molecule has 0 saturated carbocycles. The fourth-order valence-corrected chi connectivity index (χ4v) is 3.11. The lowest BCUT2D eigenvalue weighted by molar-refractivity contribution is 0.0913. The zero-order chi connectivity index (χ0) is 17.9. The summed E-state index contributed by atoms with van der Waals surface area (Å²) in [6.45, 7) is 0.127. The largest absolute Gasteiger partial charge is 0.387 e. The highest BCUT2D eigenvalue weighted by atomic mass is 16.3. The normalized spacial score (nSPS) is 12.2. The Morgan fingerprint density at radius 2 is 1.65 bits per heavy atom. The van der Waals surface area contributed by atoms with Crippen LogP contribution in [0.2, 0.25) is 0 Å². The van der Waals surface area contributed by atoms with Crippen molar-refractivity contribution >= 4 is 27.5 Å². The number of aliphatic hydroxyl groups is 1. The molecule has 4 aromatic rings. The van der Waals surface area contributed by atoms with Crippen LogP contribution in [-0.4, -0.2) is 22.5 Å². The van der Waals surface area contributed by atoms with Gasteiger partial charge < -0.3 is 10.4 Å². The van der Waals surface area contributed by atoms with Gasteiger partial charge in [0.05, 0.1) is 6.10 Å². The lowest BCUT2D eigenvalue weighted by Crippen LogP contribution is -2.29. The number of rotatable bonds is 4. The van der Waals surface area contributed by atoms with Crippen molar-refractivity contribution in [2.45, 2.75) is 6.10 Å². The summed E-state index contributed by atoms with van der Waals surface area (Å²) in [5.41, 5.74) is 1.14. The average molecular weight is 342 g/mol. The number of carbonyl (C=O) groups excluding carboxylic acids is 1. The van der Waals surface area contributed by atoms with E-state index in [0.717, 1.165) is 27.1 Å². The maximum Gasteiger partial charge on any atom is 0.270 e. The Labute approximate surface area is 151 Å². The van der Waals surface area contributed by atoms with E-state index in [2.05, 4.69) is 10.3 Å². The van der Waals surface area contributed by atoms with Crippen LogP contribution in [0.3, 0.4) is 0 Å². The molecule has 0 bridgehead atoms. The molecule has 0 spiro atoms. The Morgan fingerprint density at radius 3 is 2.50 bits per heavy atom. The van der Waals surface area contributed by atoms with Crippen molar-refractivity contribution in [1.82, 2.24) is 10.3 Å². The Bertz CT molecular complexity index is 1090. The smallest absolute Gasteiger partial charge is 0.270 e. The molecule has 0 aliphatic rings. The fraction of sp³-hybridized carbons (Fsp3) is 0.0909. The minimum atomic E-state index is -0.779. The highest BCUT2D eigenvalue weighted by Crippen LogP contribution is 2.20. The first-order chi connectivity index (χ1) is 12.7. The van der Waals surface area contributed by atoms with Crippen LogP contribution in [-0.2, 0) is 0 Å².